The summed E-state index contributed by atoms with van der Waals surface area (Å²) in [4.78, 5) is 19.3. The Morgan fingerprint density at radius 1 is 1.31 bits per heavy atom. The molecule has 136 valence electrons. The Balaban J connectivity index is 1.41. The summed E-state index contributed by atoms with van der Waals surface area (Å²) < 4.78 is 2.69. The summed E-state index contributed by atoms with van der Waals surface area (Å²) in [7, 11) is 1.81. The zero-order valence-electron chi connectivity index (χ0n) is 14.7. The average molecular weight is 390 g/mol. The number of carbonyl (C=O) groups excluding carboxylic acids is 1. The first kappa shape index (κ1) is 17.3. The summed E-state index contributed by atoms with van der Waals surface area (Å²) in [5.41, 5.74) is 2.60. The van der Waals surface area contributed by atoms with Gasteiger partial charge >= 0.3 is 0 Å². The maximum Gasteiger partial charge on any atom is 0.271 e. The molecule has 4 rings (SSSR count). The Bertz CT molecular complexity index is 919. The predicted molar refractivity (Wildman–Crippen MR) is 105 cm³/mol. The minimum Gasteiger partial charge on any atom is -0.348 e. The number of fused-ring (bicyclic) bond motifs is 1. The number of nitrogens with one attached hydrogen (secondary N) is 1. The molecule has 26 heavy (non-hydrogen) atoms. The summed E-state index contributed by atoms with van der Waals surface area (Å²) in [5, 5.41) is 9.00. The standard InChI is InChI=1S/C18H20ClN5OS/c1-11-3-4-13(19)16-15(11)21-18(26-16)24-9-5-12(6-10-24)20-17(25)14-7-8-23(2)22-14/h3-4,7-8,12H,5-6,9-10H2,1-2H3,(H,20,25). The maximum absolute atomic E-state index is 12.2. The van der Waals surface area contributed by atoms with E-state index in [1.807, 2.05) is 12.1 Å². The summed E-state index contributed by atoms with van der Waals surface area (Å²) in [6, 6.07) is 5.84. The van der Waals surface area contributed by atoms with Crippen LogP contribution < -0.4 is 10.2 Å². The topological polar surface area (TPSA) is 63.1 Å². The number of aromatic nitrogens is 3. The molecule has 0 atom stereocenters. The second kappa shape index (κ2) is 6.89. The number of anilines is 1. The van der Waals surface area contributed by atoms with Crippen LogP contribution in [-0.4, -0.2) is 39.8 Å². The summed E-state index contributed by atoms with van der Waals surface area (Å²) >= 11 is 7.96. The first-order valence-electron chi connectivity index (χ1n) is 8.62. The van der Waals surface area contributed by atoms with E-state index in [0.717, 1.165) is 51.9 Å². The highest BCUT2D eigenvalue weighted by atomic mass is 35.5. The third-order valence-electron chi connectivity index (χ3n) is 4.73. The molecule has 6 nitrogen and oxygen atoms in total. The van der Waals surface area contributed by atoms with Crippen LogP contribution >= 0.6 is 22.9 Å². The predicted octanol–water partition coefficient (Wildman–Crippen LogP) is 3.39. The van der Waals surface area contributed by atoms with Crippen molar-refractivity contribution in [3.05, 3.63) is 40.7 Å². The fraction of sp³-hybridized carbons (Fsp3) is 0.389. The number of hydrogen-bond donors (Lipinski definition) is 1. The molecule has 1 aliphatic heterocycles. The zero-order chi connectivity index (χ0) is 18.3. The Morgan fingerprint density at radius 3 is 2.73 bits per heavy atom. The van der Waals surface area contributed by atoms with E-state index in [1.54, 1.807) is 35.3 Å². The van der Waals surface area contributed by atoms with Gasteiger partial charge in [-0.25, -0.2) is 4.98 Å². The fourth-order valence-corrected chi connectivity index (χ4v) is 4.60. The van der Waals surface area contributed by atoms with Crippen molar-refractivity contribution in [2.75, 3.05) is 18.0 Å². The van der Waals surface area contributed by atoms with Gasteiger partial charge in [-0.15, -0.1) is 0 Å². The van der Waals surface area contributed by atoms with Crippen molar-refractivity contribution < 1.29 is 4.79 Å². The lowest BCUT2D eigenvalue weighted by Crippen LogP contribution is -2.44. The van der Waals surface area contributed by atoms with E-state index in [9.17, 15) is 4.79 Å². The van der Waals surface area contributed by atoms with Crippen molar-refractivity contribution in [3.8, 4) is 0 Å². The van der Waals surface area contributed by atoms with Gasteiger partial charge in [0.25, 0.3) is 5.91 Å². The molecule has 1 saturated heterocycles. The van der Waals surface area contributed by atoms with Crippen LogP contribution in [0.25, 0.3) is 10.2 Å². The number of nitrogens with zero attached hydrogens (tertiary/aromatic N) is 4. The molecule has 0 bridgehead atoms. The molecule has 0 aliphatic carbocycles. The Hall–Kier alpha value is -2.12. The lowest BCUT2D eigenvalue weighted by molar-refractivity contribution is 0.0925. The van der Waals surface area contributed by atoms with E-state index >= 15 is 0 Å². The molecule has 8 heteroatoms. The third kappa shape index (κ3) is 3.29. The Labute approximate surface area is 160 Å². The molecule has 2 aromatic heterocycles. The monoisotopic (exact) mass is 389 g/mol. The minimum absolute atomic E-state index is 0.105. The zero-order valence-corrected chi connectivity index (χ0v) is 16.3. The minimum atomic E-state index is -0.105. The smallest absolute Gasteiger partial charge is 0.271 e. The first-order chi connectivity index (χ1) is 12.5. The molecule has 3 heterocycles. The van der Waals surface area contributed by atoms with Crippen LogP contribution in [-0.2, 0) is 7.05 Å². The van der Waals surface area contributed by atoms with E-state index < -0.39 is 0 Å². The van der Waals surface area contributed by atoms with Gasteiger partial charge in [-0.2, -0.15) is 5.10 Å². The number of piperidine rings is 1. The number of benzene rings is 1. The highest BCUT2D eigenvalue weighted by Gasteiger charge is 2.24. The SMILES string of the molecule is Cc1ccc(Cl)c2sc(N3CCC(NC(=O)c4ccn(C)n4)CC3)nc12. The van der Waals surface area contributed by atoms with Crippen LogP contribution in [0, 0.1) is 6.92 Å². The molecule has 0 spiro atoms. The number of halogens is 1. The van der Waals surface area contributed by atoms with E-state index in [1.165, 1.54) is 0 Å². The highest BCUT2D eigenvalue weighted by molar-refractivity contribution is 7.22. The van der Waals surface area contributed by atoms with Gasteiger partial charge in [-0.3, -0.25) is 9.48 Å². The molecular formula is C18H20ClN5OS. The number of carbonyl (C=O) groups is 1. The molecular weight excluding hydrogens is 370 g/mol. The van der Waals surface area contributed by atoms with Gasteiger partial charge in [-0.05, 0) is 37.5 Å². The summed E-state index contributed by atoms with van der Waals surface area (Å²) in [6.45, 7) is 3.79. The molecule has 1 amide bonds. The molecule has 0 unspecified atom stereocenters. The second-order valence-corrected chi connectivity index (χ2v) is 8.03. The van der Waals surface area contributed by atoms with Crippen LogP contribution in [0.2, 0.25) is 5.02 Å². The van der Waals surface area contributed by atoms with E-state index in [2.05, 4.69) is 22.2 Å². The van der Waals surface area contributed by atoms with Gasteiger partial charge in [0.2, 0.25) is 0 Å². The van der Waals surface area contributed by atoms with Gasteiger partial charge in [-0.1, -0.05) is 29.0 Å². The fourth-order valence-electron chi connectivity index (χ4n) is 3.24. The largest absolute Gasteiger partial charge is 0.348 e. The molecule has 1 aromatic carbocycles. The molecule has 0 radical (unpaired) electrons. The van der Waals surface area contributed by atoms with E-state index in [4.69, 9.17) is 16.6 Å². The first-order valence-corrected chi connectivity index (χ1v) is 9.82. The highest BCUT2D eigenvalue weighted by Crippen LogP contribution is 2.36. The van der Waals surface area contributed by atoms with E-state index in [0.29, 0.717) is 5.69 Å². The van der Waals surface area contributed by atoms with Crippen LogP contribution in [0.4, 0.5) is 5.13 Å². The van der Waals surface area contributed by atoms with Crippen LogP contribution in [0.1, 0.15) is 28.9 Å². The van der Waals surface area contributed by atoms with Gasteiger partial charge in [0, 0.05) is 32.4 Å². The number of aryl methyl sites for hydroxylation is 2. The molecule has 3 aromatic rings. The molecule has 0 saturated carbocycles. The lowest BCUT2D eigenvalue weighted by Gasteiger charge is -2.32. The maximum atomic E-state index is 12.2. The van der Waals surface area contributed by atoms with Gasteiger partial charge in [0.1, 0.15) is 5.69 Å². The van der Waals surface area contributed by atoms with Crippen molar-refractivity contribution >= 4 is 44.2 Å². The quantitative estimate of drug-likeness (QED) is 0.745. The van der Waals surface area contributed by atoms with Crippen LogP contribution in [0.5, 0.6) is 0 Å². The second-order valence-electron chi connectivity index (χ2n) is 6.65. The van der Waals surface area contributed by atoms with Gasteiger partial charge in [0.15, 0.2) is 5.13 Å². The normalized spacial score (nSPS) is 15.6. The van der Waals surface area contributed by atoms with Gasteiger partial charge < -0.3 is 10.2 Å². The summed E-state index contributed by atoms with van der Waals surface area (Å²) in [5.74, 6) is -0.105. The molecule has 1 fully saturated rings. The van der Waals surface area contributed by atoms with Crippen LogP contribution in [0.3, 0.4) is 0 Å². The van der Waals surface area contributed by atoms with Crippen molar-refractivity contribution in [2.24, 2.45) is 7.05 Å². The average Bonchev–Trinajstić information content (AvgIpc) is 3.26. The molecule has 1 aliphatic rings. The Morgan fingerprint density at radius 2 is 2.08 bits per heavy atom. The number of rotatable bonds is 3. The van der Waals surface area contributed by atoms with E-state index in [-0.39, 0.29) is 11.9 Å². The van der Waals surface area contributed by atoms with Crippen molar-refractivity contribution in [3.63, 3.8) is 0 Å². The van der Waals surface area contributed by atoms with Crippen molar-refractivity contribution in [1.29, 1.82) is 0 Å². The number of thiazole rings is 1. The Kier molecular flexibility index (Phi) is 4.58. The van der Waals surface area contributed by atoms with Crippen molar-refractivity contribution in [2.45, 2.75) is 25.8 Å². The third-order valence-corrected chi connectivity index (χ3v) is 6.31. The summed E-state index contributed by atoms with van der Waals surface area (Å²) in [6.07, 6.45) is 3.56. The number of amides is 1. The molecule has 1 N–H and O–H groups in total. The lowest BCUT2D eigenvalue weighted by atomic mass is 10.1. The number of hydrogen-bond acceptors (Lipinski definition) is 5. The van der Waals surface area contributed by atoms with Crippen LogP contribution in [0.15, 0.2) is 24.4 Å². The van der Waals surface area contributed by atoms with Gasteiger partial charge in [0.05, 0.1) is 15.2 Å². The van der Waals surface area contributed by atoms with Crippen molar-refractivity contribution in [1.82, 2.24) is 20.1 Å².